The van der Waals surface area contributed by atoms with Crippen LogP contribution in [0.15, 0.2) is 11.4 Å². The van der Waals surface area contributed by atoms with Crippen LogP contribution in [0.5, 0.6) is 0 Å². The molecule has 1 aromatic heterocycles. The van der Waals surface area contributed by atoms with Crippen LogP contribution in [-0.2, 0) is 11.2 Å². The minimum Gasteiger partial charge on any atom is -0.380 e. The lowest BCUT2D eigenvalue weighted by Crippen LogP contribution is -2.44. The van der Waals surface area contributed by atoms with E-state index < -0.39 is 0 Å². The molecule has 2 atom stereocenters. The van der Waals surface area contributed by atoms with E-state index in [0.717, 1.165) is 13.0 Å². The van der Waals surface area contributed by atoms with Gasteiger partial charge in [0.25, 0.3) is 0 Å². The van der Waals surface area contributed by atoms with E-state index in [2.05, 4.69) is 23.8 Å². The molecule has 1 aliphatic carbocycles. The molecule has 0 spiro atoms. The molecular weight excluding hydrogens is 232 g/mol. The van der Waals surface area contributed by atoms with E-state index in [1.165, 1.54) is 29.7 Å². The number of thiophene rings is 1. The maximum absolute atomic E-state index is 5.69. The Hall–Kier alpha value is -0.420. The van der Waals surface area contributed by atoms with Crippen LogP contribution in [0.3, 0.4) is 0 Å². The molecule has 17 heavy (non-hydrogen) atoms. The topological polar surface area (TPSA) is 47.3 Å². The van der Waals surface area contributed by atoms with Crippen molar-refractivity contribution in [3.05, 3.63) is 21.9 Å². The first-order valence-corrected chi connectivity index (χ1v) is 7.35. The third-order valence-electron chi connectivity index (χ3n) is 3.44. The van der Waals surface area contributed by atoms with Crippen molar-refractivity contribution in [2.24, 2.45) is 5.84 Å². The average molecular weight is 254 g/mol. The lowest BCUT2D eigenvalue weighted by atomic mass is 9.83. The fourth-order valence-corrected chi connectivity index (χ4v) is 3.57. The summed E-state index contributed by atoms with van der Waals surface area (Å²) in [5.74, 6) is 6.21. The summed E-state index contributed by atoms with van der Waals surface area (Å²) in [7, 11) is 0. The highest BCUT2D eigenvalue weighted by Gasteiger charge is 2.28. The summed E-state index contributed by atoms with van der Waals surface area (Å²) >= 11 is 1.88. The molecular formula is C13H22N2OS. The van der Waals surface area contributed by atoms with Crippen molar-refractivity contribution in [2.45, 2.75) is 44.6 Å². The van der Waals surface area contributed by atoms with Crippen molar-refractivity contribution in [3.8, 4) is 0 Å². The Bertz CT molecular complexity index is 340. The van der Waals surface area contributed by atoms with Gasteiger partial charge in [-0.05, 0) is 42.7 Å². The average Bonchev–Trinajstić information content (AvgIpc) is 2.83. The number of aryl methyl sites for hydroxylation is 1. The Morgan fingerprint density at radius 1 is 1.65 bits per heavy atom. The second-order valence-electron chi connectivity index (χ2n) is 4.65. The maximum Gasteiger partial charge on any atom is 0.0639 e. The molecule has 2 unspecified atom stereocenters. The molecule has 3 nitrogen and oxygen atoms in total. The Kier molecular flexibility index (Phi) is 4.98. The molecule has 2 rings (SSSR count). The highest BCUT2D eigenvalue weighted by molar-refractivity contribution is 7.10. The van der Waals surface area contributed by atoms with Gasteiger partial charge in [0.05, 0.1) is 12.6 Å². The van der Waals surface area contributed by atoms with Gasteiger partial charge < -0.3 is 4.74 Å². The molecule has 0 bridgehead atoms. The van der Waals surface area contributed by atoms with Gasteiger partial charge in [-0.3, -0.25) is 11.3 Å². The summed E-state index contributed by atoms with van der Waals surface area (Å²) in [6.07, 6.45) is 4.78. The lowest BCUT2D eigenvalue weighted by Gasteiger charge is -2.30. The molecule has 0 saturated carbocycles. The lowest BCUT2D eigenvalue weighted by molar-refractivity contribution is 0.102. The molecule has 0 radical (unpaired) electrons. The quantitative estimate of drug-likeness (QED) is 0.465. The van der Waals surface area contributed by atoms with Gasteiger partial charge >= 0.3 is 0 Å². The van der Waals surface area contributed by atoms with Crippen molar-refractivity contribution >= 4 is 11.3 Å². The SMILES string of the molecule is CCCOCC(NN)C1CCCc2sccc21. The van der Waals surface area contributed by atoms with Crippen LogP contribution in [0.25, 0.3) is 0 Å². The monoisotopic (exact) mass is 254 g/mol. The normalized spacial score (nSPS) is 21.2. The molecule has 0 amide bonds. The van der Waals surface area contributed by atoms with E-state index in [1.54, 1.807) is 0 Å². The molecule has 0 aliphatic heterocycles. The Labute approximate surface area is 107 Å². The molecule has 1 heterocycles. The third kappa shape index (κ3) is 3.07. The number of hydrogen-bond donors (Lipinski definition) is 2. The van der Waals surface area contributed by atoms with E-state index in [9.17, 15) is 0 Å². The highest BCUT2D eigenvalue weighted by atomic mass is 32.1. The van der Waals surface area contributed by atoms with Gasteiger partial charge in [-0.15, -0.1) is 11.3 Å². The summed E-state index contributed by atoms with van der Waals surface area (Å²) in [5, 5.41) is 2.20. The molecule has 4 heteroatoms. The first kappa shape index (κ1) is 13.0. The van der Waals surface area contributed by atoms with Crippen molar-refractivity contribution in [2.75, 3.05) is 13.2 Å². The number of ether oxygens (including phenoxy) is 1. The minimum atomic E-state index is 0.246. The summed E-state index contributed by atoms with van der Waals surface area (Å²) in [5.41, 5.74) is 4.43. The molecule has 1 aromatic rings. The van der Waals surface area contributed by atoms with Crippen LogP contribution in [0.1, 0.15) is 42.5 Å². The molecule has 0 fully saturated rings. The smallest absolute Gasteiger partial charge is 0.0639 e. The van der Waals surface area contributed by atoms with Crippen LogP contribution in [0, 0.1) is 0 Å². The van der Waals surface area contributed by atoms with E-state index in [4.69, 9.17) is 10.6 Å². The standard InChI is InChI=1S/C13H22N2OS/c1-2-7-16-9-12(15-14)10-4-3-5-13-11(10)6-8-17-13/h6,8,10,12,15H,2-5,7,9,14H2,1H3. The van der Waals surface area contributed by atoms with Gasteiger partial charge in [0.2, 0.25) is 0 Å². The van der Waals surface area contributed by atoms with Crippen molar-refractivity contribution in [1.82, 2.24) is 5.43 Å². The number of hydrazine groups is 1. The van der Waals surface area contributed by atoms with Gasteiger partial charge in [-0.2, -0.15) is 0 Å². The number of fused-ring (bicyclic) bond motifs is 1. The van der Waals surface area contributed by atoms with E-state index in [0.29, 0.717) is 12.5 Å². The van der Waals surface area contributed by atoms with Crippen LogP contribution in [0.2, 0.25) is 0 Å². The molecule has 0 aromatic carbocycles. The molecule has 3 N–H and O–H groups in total. The fourth-order valence-electron chi connectivity index (χ4n) is 2.58. The van der Waals surface area contributed by atoms with Crippen LogP contribution < -0.4 is 11.3 Å². The van der Waals surface area contributed by atoms with Gasteiger partial charge in [-0.1, -0.05) is 6.92 Å². The second-order valence-corrected chi connectivity index (χ2v) is 5.65. The van der Waals surface area contributed by atoms with Gasteiger partial charge in [0.15, 0.2) is 0 Å². The van der Waals surface area contributed by atoms with Crippen molar-refractivity contribution in [3.63, 3.8) is 0 Å². The predicted molar refractivity (Wildman–Crippen MR) is 72.2 cm³/mol. The van der Waals surface area contributed by atoms with Crippen molar-refractivity contribution < 1.29 is 4.74 Å². The Morgan fingerprint density at radius 2 is 2.53 bits per heavy atom. The largest absolute Gasteiger partial charge is 0.380 e. The first-order valence-electron chi connectivity index (χ1n) is 6.47. The Morgan fingerprint density at radius 3 is 3.29 bits per heavy atom. The summed E-state index contributed by atoms with van der Waals surface area (Å²) in [6.45, 7) is 3.66. The van der Waals surface area contributed by atoms with E-state index in [1.807, 2.05) is 11.3 Å². The Balaban J connectivity index is 2.01. The van der Waals surface area contributed by atoms with Gasteiger partial charge in [0.1, 0.15) is 0 Å². The maximum atomic E-state index is 5.69. The predicted octanol–water partition coefficient (Wildman–Crippen LogP) is 2.43. The minimum absolute atomic E-state index is 0.246. The zero-order valence-corrected chi connectivity index (χ0v) is 11.3. The van der Waals surface area contributed by atoms with Crippen LogP contribution in [0.4, 0.5) is 0 Å². The van der Waals surface area contributed by atoms with Gasteiger partial charge in [-0.25, -0.2) is 0 Å². The zero-order chi connectivity index (χ0) is 12.1. The molecule has 1 aliphatic rings. The van der Waals surface area contributed by atoms with Crippen molar-refractivity contribution in [1.29, 1.82) is 0 Å². The van der Waals surface area contributed by atoms with E-state index >= 15 is 0 Å². The summed E-state index contributed by atoms with van der Waals surface area (Å²) in [6, 6.07) is 2.50. The molecule has 96 valence electrons. The fraction of sp³-hybridized carbons (Fsp3) is 0.692. The third-order valence-corrected chi connectivity index (χ3v) is 4.44. The summed E-state index contributed by atoms with van der Waals surface area (Å²) < 4.78 is 5.64. The highest BCUT2D eigenvalue weighted by Crippen LogP contribution is 2.36. The number of nitrogens with one attached hydrogen (secondary N) is 1. The van der Waals surface area contributed by atoms with Gasteiger partial charge in [0, 0.05) is 17.4 Å². The van der Waals surface area contributed by atoms with E-state index in [-0.39, 0.29) is 6.04 Å². The molecule has 0 saturated heterocycles. The van der Waals surface area contributed by atoms with Crippen LogP contribution >= 0.6 is 11.3 Å². The summed E-state index contributed by atoms with van der Waals surface area (Å²) in [4.78, 5) is 1.54. The number of rotatable bonds is 6. The number of nitrogens with two attached hydrogens (primary N) is 1. The first-order chi connectivity index (χ1) is 8.36. The number of hydrogen-bond acceptors (Lipinski definition) is 4. The van der Waals surface area contributed by atoms with Crippen LogP contribution in [-0.4, -0.2) is 19.3 Å². The second kappa shape index (κ2) is 6.50. The zero-order valence-electron chi connectivity index (χ0n) is 10.4.